The van der Waals surface area contributed by atoms with E-state index >= 15 is 0 Å². The molecule has 6 nitrogen and oxygen atoms in total. The molecular weight excluding hydrogens is 342 g/mol. The minimum Gasteiger partial charge on any atom is -0.458 e. The van der Waals surface area contributed by atoms with Crippen LogP contribution >= 0.6 is 0 Å². The Morgan fingerprint density at radius 2 is 1.67 bits per heavy atom. The molecule has 0 radical (unpaired) electrons. The van der Waals surface area contributed by atoms with Crippen molar-refractivity contribution in [1.29, 1.82) is 0 Å². The number of ether oxygens (including phenoxy) is 2. The van der Waals surface area contributed by atoms with E-state index in [4.69, 9.17) is 9.47 Å². The summed E-state index contributed by atoms with van der Waals surface area (Å²) in [6.45, 7) is 5.01. The predicted molar refractivity (Wildman–Crippen MR) is 105 cm³/mol. The van der Waals surface area contributed by atoms with Crippen molar-refractivity contribution in [1.82, 2.24) is 9.97 Å². The van der Waals surface area contributed by atoms with Crippen molar-refractivity contribution >= 4 is 22.8 Å². The fraction of sp³-hybridized carbons (Fsp3) is 0.286. The lowest BCUT2D eigenvalue weighted by Crippen LogP contribution is -2.17. The van der Waals surface area contributed by atoms with Gasteiger partial charge < -0.3 is 14.8 Å². The van der Waals surface area contributed by atoms with E-state index in [0.717, 1.165) is 5.56 Å². The number of carbonyl (C=O) groups excluding carboxylic acids is 1. The van der Waals surface area contributed by atoms with Crippen LogP contribution in [0.4, 0.5) is 5.82 Å². The van der Waals surface area contributed by atoms with Gasteiger partial charge in [-0.2, -0.15) is 0 Å². The van der Waals surface area contributed by atoms with Gasteiger partial charge in [0.15, 0.2) is 11.5 Å². The molecule has 1 N–H and O–H groups in total. The van der Waals surface area contributed by atoms with Gasteiger partial charge in [0.05, 0.1) is 23.7 Å². The highest BCUT2D eigenvalue weighted by atomic mass is 16.6. The number of aromatic nitrogens is 2. The summed E-state index contributed by atoms with van der Waals surface area (Å²) in [6, 6.07) is 17.4. The second kappa shape index (κ2) is 9.09. The van der Waals surface area contributed by atoms with Crippen molar-refractivity contribution < 1.29 is 14.3 Å². The lowest BCUT2D eigenvalue weighted by molar-refractivity contribution is 0.0330. The molecular formula is C21H23N3O3. The van der Waals surface area contributed by atoms with Gasteiger partial charge in [-0.3, -0.25) is 0 Å². The molecule has 2 aromatic carbocycles. The monoisotopic (exact) mass is 365 g/mol. The van der Waals surface area contributed by atoms with E-state index in [0.29, 0.717) is 30.1 Å². The Bertz CT molecular complexity index is 900. The summed E-state index contributed by atoms with van der Waals surface area (Å²) in [5, 5.41) is 3.30. The van der Waals surface area contributed by atoms with Crippen LogP contribution < -0.4 is 5.32 Å². The van der Waals surface area contributed by atoms with Crippen molar-refractivity contribution in [3.8, 4) is 0 Å². The van der Waals surface area contributed by atoms with Gasteiger partial charge in [-0.1, -0.05) is 42.5 Å². The summed E-state index contributed by atoms with van der Waals surface area (Å²) in [4.78, 5) is 21.7. The van der Waals surface area contributed by atoms with Gasteiger partial charge in [-0.25, -0.2) is 14.8 Å². The summed E-state index contributed by atoms with van der Waals surface area (Å²) in [5.74, 6) is -0.109. The molecule has 1 unspecified atom stereocenters. The highest BCUT2D eigenvalue weighted by Crippen LogP contribution is 2.23. The number of hydrogen-bond acceptors (Lipinski definition) is 6. The molecule has 0 spiro atoms. The summed E-state index contributed by atoms with van der Waals surface area (Å²) in [6.07, 6.45) is 0. The number of benzene rings is 2. The van der Waals surface area contributed by atoms with Gasteiger partial charge in [0.2, 0.25) is 0 Å². The zero-order valence-electron chi connectivity index (χ0n) is 15.5. The smallest absolute Gasteiger partial charge is 0.360 e. The zero-order valence-corrected chi connectivity index (χ0v) is 15.5. The number of nitrogens with zero attached hydrogens (tertiary/aromatic N) is 2. The van der Waals surface area contributed by atoms with E-state index in [9.17, 15) is 4.79 Å². The van der Waals surface area contributed by atoms with Crippen LogP contribution in [0.15, 0.2) is 54.6 Å². The van der Waals surface area contributed by atoms with Crippen LogP contribution in [0, 0.1) is 0 Å². The Morgan fingerprint density at radius 3 is 2.37 bits per heavy atom. The maximum atomic E-state index is 12.6. The second-order valence-electron chi connectivity index (χ2n) is 6.02. The summed E-state index contributed by atoms with van der Waals surface area (Å²) in [7, 11) is 0. The molecule has 0 saturated heterocycles. The van der Waals surface area contributed by atoms with Crippen LogP contribution in [0.2, 0.25) is 0 Å². The average molecular weight is 365 g/mol. The third-order valence-electron chi connectivity index (χ3n) is 4.08. The predicted octanol–water partition coefficient (Wildman–Crippen LogP) is 4.00. The van der Waals surface area contributed by atoms with Crippen LogP contribution in [-0.2, 0) is 9.47 Å². The fourth-order valence-electron chi connectivity index (χ4n) is 2.68. The van der Waals surface area contributed by atoms with Crippen LogP contribution in [0.3, 0.4) is 0 Å². The van der Waals surface area contributed by atoms with Crippen molar-refractivity contribution in [3.63, 3.8) is 0 Å². The van der Waals surface area contributed by atoms with Gasteiger partial charge in [-0.15, -0.1) is 0 Å². The highest BCUT2D eigenvalue weighted by Gasteiger charge is 2.19. The Kier molecular flexibility index (Phi) is 6.33. The van der Waals surface area contributed by atoms with Crippen LogP contribution in [0.25, 0.3) is 11.0 Å². The highest BCUT2D eigenvalue weighted by molar-refractivity contribution is 5.95. The molecule has 1 heterocycles. The van der Waals surface area contributed by atoms with Crippen LogP contribution in [0.1, 0.15) is 35.9 Å². The third-order valence-corrected chi connectivity index (χ3v) is 4.08. The average Bonchev–Trinajstić information content (AvgIpc) is 2.71. The molecule has 140 valence electrons. The molecule has 0 aliphatic carbocycles. The topological polar surface area (TPSA) is 73.3 Å². The summed E-state index contributed by atoms with van der Waals surface area (Å²) < 4.78 is 10.5. The number of hydrogen-bond donors (Lipinski definition) is 1. The van der Waals surface area contributed by atoms with Gasteiger partial charge in [0.25, 0.3) is 0 Å². The molecule has 0 fully saturated rings. The minimum atomic E-state index is -0.518. The van der Waals surface area contributed by atoms with E-state index < -0.39 is 5.97 Å². The van der Waals surface area contributed by atoms with Crippen LogP contribution in [0.5, 0.6) is 0 Å². The Labute approximate surface area is 158 Å². The minimum absolute atomic E-state index is 0.0448. The molecule has 6 heteroatoms. The quantitative estimate of drug-likeness (QED) is 0.480. The lowest BCUT2D eigenvalue weighted by Gasteiger charge is -2.17. The van der Waals surface area contributed by atoms with Crippen molar-refractivity contribution in [2.24, 2.45) is 0 Å². The molecule has 0 aliphatic rings. The molecule has 1 atom stereocenters. The number of anilines is 1. The molecule has 3 rings (SSSR count). The normalized spacial score (nSPS) is 11.9. The number of esters is 1. The first-order valence-corrected chi connectivity index (χ1v) is 9.02. The SMILES string of the molecule is CCOCCOC(=O)c1nc2ccccc2nc1NC(C)c1ccccc1. The fourth-order valence-corrected chi connectivity index (χ4v) is 2.68. The largest absolute Gasteiger partial charge is 0.458 e. The number of nitrogens with one attached hydrogen (secondary N) is 1. The lowest BCUT2D eigenvalue weighted by atomic mass is 10.1. The molecule has 27 heavy (non-hydrogen) atoms. The third kappa shape index (κ3) is 4.80. The van der Waals surface area contributed by atoms with E-state index in [1.165, 1.54) is 0 Å². The Balaban J connectivity index is 1.88. The Hall–Kier alpha value is -2.99. The van der Waals surface area contributed by atoms with Gasteiger partial charge in [0, 0.05) is 6.61 Å². The Morgan fingerprint density at radius 1 is 1.00 bits per heavy atom. The number of carbonyl (C=O) groups is 1. The molecule has 3 aromatic rings. The number of fused-ring (bicyclic) bond motifs is 1. The van der Waals surface area contributed by atoms with E-state index in [1.807, 2.05) is 68.4 Å². The van der Waals surface area contributed by atoms with E-state index in [-0.39, 0.29) is 18.3 Å². The first-order valence-electron chi connectivity index (χ1n) is 9.02. The molecule has 1 aromatic heterocycles. The summed E-state index contributed by atoms with van der Waals surface area (Å²) >= 11 is 0. The summed E-state index contributed by atoms with van der Waals surface area (Å²) in [5.41, 5.74) is 2.62. The maximum Gasteiger partial charge on any atom is 0.360 e. The molecule has 0 aliphatic heterocycles. The van der Waals surface area contributed by atoms with Gasteiger partial charge >= 0.3 is 5.97 Å². The van der Waals surface area contributed by atoms with Crippen molar-refractivity contribution in [2.45, 2.75) is 19.9 Å². The van der Waals surface area contributed by atoms with Crippen molar-refractivity contribution in [2.75, 3.05) is 25.1 Å². The van der Waals surface area contributed by atoms with Gasteiger partial charge in [0.1, 0.15) is 6.61 Å². The molecule has 0 amide bonds. The van der Waals surface area contributed by atoms with Crippen molar-refractivity contribution in [3.05, 3.63) is 65.9 Å². The number of rotatable bonds is 8. The van der Waals surface area contributed by atoms with E-state index in [1.54, 1.807) is 0 Å². The van der Waals surface area contributed by atoms with Crippen LogP contribution in [-0.4, -0.2) is 35.8 Å². The van der Waals surface area contributed by atoms with E-state index in [2.05, 4.69) is 15.3 Å². The maximum absolute atomic E-state index is 12.6. The second-order valence-corrected chi connectivity index (χ2v) is 6.02. The first-order chi connectivity index (χ1) is 13.2. The standard InChI is InChI=1S/C21H23N3O3/c1-3-26-13-14-27-21(25)19-20(22-15(2)16-9-5-4-6-10-16)24-18-12-8-7-11-17(18)23-19/h4-12,15H,3,13-14H2,1-2H3,(H,22,24). The molecule has 0 bridgehead atoms. The number of para-hydroxylation sites is 2. The zero-order chi connectivity index (χ0) is 19.1. The first kappa shape index (κ1) is 18.8. The van der Waals surface area contributed by atoms with Gasteiger partial charge in [-0.05, 0) is 31.5 Å². The molecule has 0 saturated carbocycles.